The minimum atomic E-state index is -4.84. The van der Waals surface area contributed by atoms with Crippen molar-refractivity contribution in [1.82, 2.24) is 0 Å². The van der Waals surface area contributed by atoms with Crippen LogP contribution >= 0.6 is 0 Å². The van der Waals surface area contributed by atoms with Crippen LogP contribution in [0.15, 0.2) is 18.2 Å². The van der Waals surface area contributed by atoms with Crippen molar-refractivity contribution in [3.63, 3.8) is 0 Å². The first-order chi connectivity index (χ1) is 8.65. The Morgan fingerprint density at radius 2 is 1.68 bits per heavy atom. The normalized spacial score (nSPS) is 14.7. The number of rotatable bonds is 4. The van der Waals surface area contributed by atoms with Crippen LogP contribution < -0.4 is 15.2 Å². The highest BCUT2D eigenvalue weighted by Crippen LogP contribution is 2.33. The van der Waals surface area contributed by atoms with Gasteiger partial charge >= 0.3 is 6.18 Å². The number of benzene rings is 1. The fourth-order valence-corrected chi connectivity index (χ4v) is 1.41. The molecule has 0 saturated heterocycles. The molecule has 19 heavy (non-hydrogen) atoms. The monoisotopic (exact) mass is 277 g/mol. The smallest absolute Gasteiger partial charge is 0.413 e. The maximum absolute atomic E-state index is 12.7. The largest absolute Gasteiger partial charge is 0.493 e. The SMILES string of the molecule is COc1ccc(C(=O)C(C)(N)C(F)(F)F)cc1OC. The van der Waals surface area contributed by atoms with Crippen molar-refractivity contribution in [3.8, 4) is 11.5 Å². The molecule has 7 heteroatoms. The van der Waals surface area contributed by atoms with Gasteiger partial charge in [-0.05, 0) is 25.1 Å². The Morgan fingerprint density at radius 3 is 2.11 bits per heavy atom. The second kappa shape index (κ2) is 5.08. The van der Waals surface area contributed by atoms with Gasteiger partial charge in [0.05, 0.1) is 14.2 Å². The summed E-state index contributed by atoms with van der Waals surface area (Å²) in [5, 5.41) is 0. The fourth-order valence-electron chi connectivity index (χ4n) is 1.41. The summed E-state index contributed by atoms with van der Waals surface area (Å²) in [6.07, 6.45) is -4.84. The number of halogens is 3. The molecule has 0 amide bonds. The number of Topliss-reactive ketones (excluding diaryl/α,β-unsaturated/α-hetero) is 1. The molecule has 1 aromatic rings. The third-order valence-electron chi connectivity index (χ3n) is 2.71. The molecule has 0 aliphatic heterocycles. The summed E-state index contributed by atoms with van der Waals surface area (Å²) in [6.45, 7) is 0.631. The molecule has 1 aromatic carbocycles. The molecule has 0 aromatic heterocycles. The lowest BCUT2D eigenvalue weighted by atomic mass is 9.91. The number of carbonyl (C=O) groups is 1. The van der Waals surface area contributed by atoms with Crippen molar-refractivity contribution in [1.29, 1.82) is 0 Å². The van der Waals surface area contributed by atoms with Crippen LogP contribution in [-0.4, -0.2) is 31.7 Å². The fraction of sp³-hybridized carbons (Fsp3) is 0.417. The molecule has 0 bridgehead atoms. The van der Waals surface area contributed by atoms with Crippen LogP contribution in [0.25, 0.3) is 0 Å². The van der Waals surface area contributed by atoms with E-state index in [1.807, 2.05) is 0 Å². The average Bonchev–Trinajstić information content (AvgIpc) is 2.35. The maximum Gasteiger partial charge on any atom is 0.413 e. The van der Waals surface area contributed by atoms with E-state index in [-0.39, 0.29) is 11.3 Å². The van der Waals surface area contributed by atoms with Crippen molar-refractivity contribution in [2.45, 2.75) is 18.6 Å². The van der Waals surface area contributed by atoms with Gasteiger partial charge < -0.3 is 15.2 Å². The minimum absolute atomic E-state index is 0.159. The van der Waals surface area contributed by atoms with Crippen molar-refractivity contribution in [2.24, 2.45) is 5.73 Å². The van der Waals surface area contributed by atoms with Crippen molar-refractivity contribution >= 4 is 5.78 Å². The van der Waals surface area contributed by atoms with Gasteiger partial charge in [-0.2, -0.15) is 13.2 Å². The van der Waals surface area contributed by atoms with Crippen molar-refractivity contribution in [2.75, 3.05) is 14.2 Å². The summed E-state index contributed by atoms with van der Waals surface area (Å²) >= 11 is 0. The van der Waals surface area contributed by atoms with E-state index in [1.165, 1.54) is 26.4 Å². The van der Waals surface area contributed by atoms with Crippen LogP contribution in [0.2, 0.25) is 0 Å². The van der Waals surface area contributed by atoms with Crippen molar-refractivity contribution < 1.29 is 27.4 Å². The molecule has 0 aliphatic rings. The van der Waals surface area contributed by atoms with E-state index in [0.29, 0.717) is 12.7 Å². The lowest BCUT2D eigenvalue weighted by Crippen LogP contribution is -2.57. The predicted octanol–water partition coefficient (Wildman–Crippen LogP) is 2.17. The molecule has 1 atom stereocenters. The lowest BCUT2D eigenvalue weighted by Gasteiger charge is -2.26. The first-order valence-corrected chi connectivity index (χ1v) is 5.27. The number of carbonyl (C=O) groups excluding carboxylic acids is 1. The van der Waals surface area contributed by atoms with Gasteiger partial charge in [-0.1, -0.05) is 0 Å². The molecule has 0 heterocycles. The number of nitrogens with two attached hydrogens (primary N) is 1. The summed E-state index contributed by atoms with van der Waals surface area (Å²) in [5.41, 5.74) is 1.94. The Balaban J connectivity index is 3.21. The number of hydrogen-bond acceptors (Lipinski definition) is 4. The average molecular weight is 277 g/mol. The number of methoxy groups -OCH3 is 2. The standard InChI is InChI=1S/C12H14F3NO3/c1-11(16,12(13,14)15)10(17)7-4-5-8(18-2)9(6-7)19-3/h4-6H,16H2,1-3H3. The van der Waals surface area contributed by atoms with Gasteiger partial charge in [-0.25, -0.2) is 0 Å². The lowest BCUT2D eigenvalue weighted by molar-refractivity contribution is -0.165. The summed E-state index contributed by atoms with van der Waals surface area (Å²) in [6, 6.07) is 3.72. The van der Waals surface area contributed by atoms with Crippen LogP contribution in [0.1, 0.15) is 17.3 Å². The van der Waals surface area contributed by atoms with E-state index in [0.717, 1.165) is 6.07 Å². The quantitative estimate of drug-likeness (QED) is 0.857. The first-order valence-electron chi connectivity index (χ1n) is 5.27. The molecule has 1 rings (SSSR count). The van der Waals surface area contributed by atoms with Crippen molar-refractivity contribution in [3.05, 3.63) is 23.8 Å². The molecule has 2 N–H and O–H groups in total. The summed E-state index contributed by atoms with van der Waals surface area (Å²) in [4.78, 5) is 11.8. The highest BCUT2D eigenvalue weighted by Gasteiger charge is 2.53. The maximum atomic E-state index is 12.7. The van der Waals surface area contributed by atoms with Gasteiger partial charge in [0.2, 0.25) is 0 Å². The van der Waals surface area contributed by atoms with Crippen LogP contribution in [0.5, 0.6) is 11.5 Å². The molecule has 0 aliphatic carbocycles. The minimum Gasteiger partial charge on any atom is -0.493 e. The zero-order valence-corrected chi connectivity index (χ0v) is 10.7. The highest BCUT2D eigenvalue weighted by molar-refractivity contribution is 6.03. The number of ether oxygens (including phenoxy) is 2. The van der Waals surface area contributed by atoms with Gasteiger partial charge in [0.25, 0.3) is 0 Å². The Morgan fingerprint density at radius 1 is 1.16 bits per heavy atom. The number of alkyl halides is 3. The Kier molecular flexibility index (Phi) is 4.09. The third kappa shape index (κ3) is 2.81. The predicted molar refractivity (Wildman–Crippen MR) is 62.5 cm³/mol. The highest BCUT2D eigenvalue weighted by atomic mass is 19.4. The van der Waals surface area contributed by atoms with E-state index in [9.17, 15) is 18.0 Å². The van der Waals surface area contributed by atoms with E-state index >= 15 is 0 Å². The Bertz CT molecular complexity index is 484. The Hall–Kier alpha value is -1.76. The van der Waals surface area contributed by atoms with Gasteiger partial charge in [0.15, 0.2) is 22.8 Å². The van der Waals surface area contributed by atoms with E-state index in [1.54, 1.807) is 0 Å². The molecule has 0 saturated carbocycles. The number of hydrogen-bond donors (Lipinski definition) is 1. The number of ketones is 1. The summed E-state index contributed by atoms with van der Waals surface area (Å²) in [5.74, 6) is -0.767. The van der Waals surface area contributed by atoms with Gasteiger partial charge in [-0.15, -0.1) is 0 Å². The van der Waals surface area contributed by atoms with Crippen LogP contribution in [0.3, 0.4) is 0 Å². The first kappa shape index (κ1) is 15.3. The van der Waals surface area contributed by atoms with Crippen LogP contribution in [0, 0.1) is 0 Å². The third-order valence-corrected chi connectivity index (χ3v) is 2.71. The molecule has 0 fully saturated rings. The second-order valence-corrected chi connectivity index (χ2v) is 4.10. The van der Waals surface area contributed by atoms with Crippen LogP contribution in [0.4, 0.5) is 13.2 Å². The molecule has 0 spiro atoms. The van der Waals surface area contributed by atoms with Gasteiger partial charge in [0, 0.05) is 5.56 Å². The zero-order valence-electron chi connectivity index (χ0n) is 10.7. The summed E-state index contributed by atoms with van der Waals surface area (Å²) < 4.78 is 47.9. The molecular weight excluding hydrogens is 263 g/mol. The molecule has 106 valence electrons. The Labute approximate surface area is 108 Å². The molecule has 1 unspecified atom stereocenters. The summed E-state index contributed by atoms with van der Waals surface area (Å²) in [7, 11) is 2.69. The van der Waals surface area contributed by atoms with Crippen LogP contribution in [-0.2, 0) is 0 Å². The van der Waals surface area contributed by atoms with Gasteiger partial charge in [0.1, 0.15) is 0 Å². The zero-order chi connectivity index (χ0) is 14.8. The molecule has 0 radical (unpaired) electrons. The second-order valence-electron chi connectivity index (χ2n) is 4.10. The van der Waals surface area contributed by atoms with Gasteiger partial charge in [-0.3, -0.25) is 4.79 Å². The van der Waals surface area contributed by atoms with E-state index in [4.69, 9.17) is 15.2 Å². The molecule has 4 nitrogen and oxygen atoms in total. The molecular formula is C12H14F3NO3. The topological polar surface area (TPSA) is 61.5 Å². The van der Waals surface area contributed by atoms with E-state index in [2.05, 4.69) is 0 Å². The van der Waals surface area contributed by atoms with E-state index < -0.39 is 17.5 Å².